The summed E-state index contributed by atoms with van der Waals surface area (Å²) in [5, 5.41) is 19.8. The van der Waals surface area contributed by atoms with E-state index in [1.807, 2.05) is 0 Å². The van der Waals surface area contributed by atoms with Crippen LogP contribution in [0.25, 0.3) is 0 Å². The van der Waals surface area contributed by atoms with Gasteiger partial charge in [-0.1, -0.05) is 0 Å². The quantitative estimate of drug-likeness (QED) is 0.646. The number of carbonyl (C=O) groups is 1. The van der Waals surface area contributed by atoms with Crippen LogP contribution in [0, 0.1) is 17.0 Å². The van der Waals surface area contributed by atoms with Crippen LogP contribution in [-0.4, -0.2) is 30.6 Å². The van der Waals surface area contributed by atoms with Crippen LogP contribution in [0.1, 0.15) is 35.2 Å². The fourth-order valence-corrected chi connectivity index (χ4v) is 1.97. The number of aryl methyl sites for hydroxylation is 1. The molecule has 0 aliphatic heterocycles. The monoisotopic (exact) mass is 276 g/mol. The van der Waals surface area contributed by atoms with Gasteiger partial charge in [0.05, 0.1) is 11.1 Å². The Kier molecular flexibility index (Phi) is 2.74. The van der Waals surface area contributed by atoms with Crippen molar-refractivity contribution >= 4 is 17.5 Å². The summed E-state index contributed by atoms with van der Waals surface area (Å²) >= 11 is 0. The molecule has 0 aromatic carbocycles. The highest BCUT2D eigenvalue weighted by atomic mass is 16.6. The van der Waals surface area contributed by atoms with Gasteiger partial charge in [-0.25, -0.2) is 0 Å². The average Bonchev–Trinajstić information content (AvgIpc) is 3.00. The van der Waals surface area contributed by atoms with Crippen molar-refractivity contribution in [1.82, 2.24) is 19.7 Å². The Bertz CT molecular complexity index is 684. The highest BCUT2D eigenvalue weighted by Gasteiger charge is 2.30. The molecule has 104 valence electrons. The molecule has 2 N–H and O–H groups in total. The minimum absolute atomic E-state index is 0.0896. The first kappa shape index (κ1) is 12.3. The van der Waals surface area contributed by atoms with E-state index in [0.29, 0.717) is 5.82 Å². The van der Waals surface area contributed by atoms with Crippen molar-refractivity contribution in [3.8, 4) is 0 Å². The zero-order valence-corrected chi connectivity index (χ0v) is 10.7. The molecule has 0 unspecified atom stereocenters. The zero-order valence-electron chi connectivity index (χ0n) is 10.7. The van der Waals surface area contributed by atoms with E-state index in [0.717, 1.165) is 12.8 Å². The molecular weight excluding hydrogens is 264 g/mol. The summed E-state index contributed by atoms with van der Waals surface area (Å²) in [6, 6.07) is 1.44. The number of H-pyrrole nitrogens is 1. The van der Waals surface area contributed by atoms with Crippen LogP contribution in [-0.2, 0) is 0 Å². The smallest absolute Gasteiger partial charge is 0.287 e. The largest absolute Gasteiger partial charge is 0.334 e. The Morgan fingerprint density at radius 3 is 2.90 bits per heavy atom. The van der Waals surface area contributed by atoms with Crippen LogP contribution in [0.2, 0.25) is 0 Å². The maximum absolute atomic E-state index is 12.2. The lowest BCUT2D eigenvalue weighted by Crippen LogP contribution is -2.17. The summed E-state index contributed by atoms with van der Waals surface area (Å²) in [7, 11) is 0. The summed E-state index contributed by atoms with van der Waals surface area (Å²) < 4.78 is 1.65. The highest BCUT2D eigenvalue weighted by molar-refractivity contribution is 6.02. The van der Waals surface area contributed by atoms with Crippen molar-refractivity contribution in [2.24, 2.45) is 0 Å². The lowest BCUT2D eigenvalue weighted by atomic mass is 10.4. The van der Waals surface area contributed by atoms with Crippen LogP contribution in [0.5, 0.6) is 0 Å². The molecule has 20 heavy (non-hydrogen) atoms. The van der Waals surface area contributed by atoms with Crippen LogP contribution in [0.15, 0.2) is 12.3 Å². The third-order valence-corrected chi connectivity index (χ3v) is 3.04. The van der Waals surface area contributed by atoms with Crippen molar-refractivity contribution in [2.45, 2.75) is 25.8 Å². The standard InChI is InChI=1S/C11H12N6O3/c1-6-12-11(15-14-6)13-10(18)9-4-8(17(19)20)5-16(9)7-2-3-7/h4-5,7H,2-3H2,1H3,(H2,12,13,14,15,18). The van der Waals surface area contributed by atoms with Crippen LogP contribution >= 0.6 is 0 Å². The van der Waals surface area contributed by atoms with E-state index in [1.54, 1.807) is 11.5 Å². The second-order valence-electron chi connectivity index (χ2n) is 4.68. The summed E-state index contributed by atoms with van der Waals surface area (Å²) in [6.45, 7) is 1.71. The van der Waals surface area contributed by atoms with Crippen LogP contribution < -0.4 is 5.32 Å². The minimum atomic E-state index is -0.507. The number of anilines is 1. The molecule has 3 rings (SSSR count). The topological polar surface area (TPSA) is 119 Å². The second-order valence-corrected chi connectivity index (χ2v) is 4.68. The SMILES string of the molecule is Cc1nc(NC(=O)c2cc([N+](=O)[O-])cn2C2CC2)n[nH]1. The molecule has 2 heterocycles. The number of hydrogen-bond donors (Lipinski definition) is 2. The Morgan fingerprint density at radius 1 is 1.60 bits per heavy atom. The van der Waals surface area contributed by atoms with E-state index < -0.39 is 10.8 Å². The number of aromatic nitrogens is 4. The molecule has 2 aromatic heterocycles. The lowest BCUT2D eigenvalue weighted by Gasteiger charge is -2.05. The fraction of sp³-hybridized carbons (Fsp3) is 0.364. The number of nitrogens with one attached hydrogen (secondary N) is 2. The van der Waals surface area contributed by atoms with Gasteiger partial charge in [0.25, 0.3) is 11.6 Å². The molecule has 0 radical (unpaired) electrons. The molecule has 0 spiro atoms. The van der Waals surface area contributed by atoms with Gasteiger partial charge in [0.1, 0.15) is 11.5 Å². The van der Waals surface area contributed by atoms with E-state index in [-0.39, 0.29) is 23.4 Å². The first-order valence-electron chi connectivity index (χ1n) is 6.11. The van der Waals surface area contributed by atoms with E-state index >= 15 is 0 Å². The van der Waals surface area contributed by atoms with E-state index in [4.69, 9.17) is 0 Å². The first-order valence-corrected chi connectivity index (χ1v) is 6.11. The van der Waals surface area contributed by atoms with Crippen molar-refractivity contribution in [1.29, 1.82) is 0 Å². The van der Waals surface area contributed by atoms with Gasteiger partial charge in [0, 0.05) is 12.1 Å². The van der Waals surface area contributed by atoms with E-state index in [1.165, 1.54) is 12.3 Å². The maximum atomic E-state index is 12.2. The number of amides is 1. The van der Waals surface area contributed by atoms with Crippen LogP contribution in [0.4, 0.5) is 11.6 Å². The highest BCUT2D eigenvalue weighted by Crippen LogP contribution is 2.37. The fourth-order valence-electron chi connectivity index (χ4n) is 1.97. The predicted octanol–water partition coefficient (Wildman–Crippen LogP) is 1.41. The van der Waals surface area contributed by atoms with Crippen molar-refractivity contribution < 1.29 is 9.72 Å². The Balaban J connectivity index is 1.88. The summed E-state index contributed by atoms with van der Waals surface area (Å²) in [5.74, 6) is 0.270. The minimum Gasteiger partial charge on any atom is -0.334 e. The molecule has 9 heteroatoms. The molecule has 1 saturated carbocycles. The number of aromatic amines is 1. The van der Waals surface area contributed by atoms with Gasteiger partial charge in [-0.2, -0.15) is 4.98 Å². The van der Waals surface area contributed by atoms with Gasteiger partial charge < -0.3 is 4.57 Å². The zero-order chi connectivity index (χ0) is 14.3. The second kappa shape index (κ2) is 4.44. The van der Waals surface area contributed by atoms with Gasteiger partial charge in [-0.15, -0.1) is 5.10 Å². The molecule has 0 saturated heterocycles. The molecule has 2 aromatic rings. The Labute approximate surface area is 113 Å². The average molecular weight is 276 g/mol. The Morgan fingerprint density at radius 2 is 2.35 bits per heavy atom. The first-order chi connectivity index (χ1) is 9.54. The summed E-state index contributed by atoms with van der Waals surface area (Å²) in [4.78, 5) is 26.4. The number of hydrogen-bond acceptors (Lipinski definition) is 5. The molecular formula is C11H12N6O3. The molecule has 0 atom stereocenters. The van der Waals surface area contributed by atoms with Gasteiger partial charge in [-0.05, 0) is 19.8 Å². The van der Waals surface area contributed by atoms with Crippen molar-refractivity contribution in [3.05, 3.63) is 33.9 Å². The molecule has 1 fully saturated rings. The molecule has 1 aliphatic carbocycles. The lowest BCUT2D eigenvalue weighted by molar-refractivity contribution is -0.384. The van der Waals surface area contributed by atoms with E-state index in [2.05, 4.69) is 20.5 Å². The number of rotatable bonds is 4. The predicted molar refractivity (Wildman–Crippen MR) is 68.4 cm³/mol. The normalized spacial score (nSPS) is 14.2. The van der Waals surface area contributed by atoms with E-state index in [9.17, 15) is 14.9 Å². The third kappa shape index (κ3) is 2.25. The summed E-state index contributed by atoms with van der Waals surface area (Å²) in [6.07, 6.45) is 3.24. The third-order valence-electron chi connectivity index (χ3n) is 3.04. The Hall–Kier alpha value is -2.71. The molecule has 1 aliphatic rings. The summed E-state index contributed by atoms with van der Waals surface area (Å²) in [5.41, 5.74) is 0.162. The molecule has 0 bridgehead atoms. The molecule has 1 amide bonds. The molecule has 9 nitrogen and oxygen atoms in total. The maximum Gasteiger partial charge on any atom is 0.287 e. The van der Waals surface area contributed by atoms with Crippen molar-refractivity contribution in [3.63, 3.8) is 0 Å². The van der Waals surface area contributed by atoms with Gasteiger partial charge >= 0.3 is 0 Å². The van der Waals surface area contributed by atoms with Crippen LogP contribution in [0.3, 0.4) is 0 Å². The van der Waals surface area contributed by atoms with Gasteiger partial charge in [0.15, 0.2) is 0 Å². The van der Waals surface area contributed by atoms with Crippen molar-refractivity contribution in [2.75, 3.05) is 5.32 Å². The van der Waals surface area contributed by atoms with Gasteiger partial charge in [-0.3, -0.25) is 25.3 Å². The number of carbonyl (C=O) groups excluding carboxylic acids is 1. The number of nitrogens with zero attached hydrogens (tertiary/aromatic N) is 4. The van der Waals surface area contributed by atoms with Gasteiger partial charge in [0.2, 0.25) is 5.95 Å². The number of nitro groups is 1.